The maximum Gasteiger partial charge on any atom is 0.278 e. The number of aryl methyl sites for hydroxylation is 1. The predicted molar refractivity (Wildman–Crippen MR) is 66.9 cm³/mol. The molecular formula is C12H16N4O2. The summed E-state index contributed by atoms with van der Waals surface area (Å²) in [6.45, 7) is 5.56. The van der Waals surface area contributed by atoms with Crippen LogP contribution < -0.4 is 0 Å². The molecule has 6 heteroatoms. The van der Waals surface area contributed by atoms with Gasteiger partial charge in [0.15, 0.2) is 0 Å². The van der Waals surface area contributed by atoms with E-state index in [4.69, 9.17) is 5.26 Å². The Balaban J connectivity index is 3.09. The van der Waals surface area contributed by atoms with E-state index in [1.165, 1.54) is 6.20 Å². The number of hydrogen-bond acceptors (Lipinski definition) is 5. The maximum absolute atomic E-state index is 11.0. The standard InChI is InChI=1S/C12H16N4O2/c1-8-6-14-11(7-15(4)9(2)5-13)10(3)12(8)16(17)18/h6,9H,7H2,1-4H3. The van der Waals surface area contributed by atoms with Crippen LogP contribution in [0.5, 0.6) is 0 Å². The molecule has 0 bridgehead atoms. The van der Waals surface area contributed by atoms with Crippen molar-refractivity contribution in [1.29, 1.82) is 5.26 Å². The largest absolute Gasteiger partial charge is 0.285 e. The van der Waals surface area contributed by atoms with Crippen molar-refractivity contribution in [3.63, 3.8) is 0 Å². The summed E-state index contributed by atoms with van der Waals surface area (Å²) in [5, 5.41) is 19.8. The van der Waals surface area contributed by atoms with E-state index >= 15 is 0 Å². The Kier molecular flexibility index (Phi) is 4.34. The van der Waals surface area contributed by atoms with Gasteiger partial charge < -0.3 is 0 Å². The molecule has 1 atom stereocenters. The van der Waals surface area contributed by atoms with Gasteiger partial charge in [0.05, 0.1) is 22.7 Å². The molecule has 1 aromatic heterocycles. The number of rotatable bonds is 4. The van der Waals surface area contributed by atoms with Crippen LogP contribution in [0.3, 0.4) is 0 Å². The van der Waals surface area contributed by atoms with Crippen molar-refractivity contribution in [3.8, 4) is 6.07 Å². The van der Waals surface area contributed by atoms with E-state index < -0.39 is 0 Å². The highest BCUT2D eigenvalue weighted by Crippen LogP contribution is 2.24. The van der Waals surface area contributed by atoms with E-state index in [1.54, 1.807) is 32.7 Å². The Morgan fingerprint density at radius 1 is 1.61 bits per heavy atom. The van der Waals surface area contributed by atoms with Gasteiger partial charge in [0.25, 0.3) is 5.69 Å². The minimum atomic E-state index is -0.385. The summed E-state index contributed by atoms with van der Waals surface area (Å²) in [6, 6.07) is 1.86. The summed E-state index contributed by atoms with van der Waals surface area (Å²) in [4.78, 5) is 16.6. The van der Waals surface area contributed by atoms with Gasteiger partial charge >= 0.3 is 0 Å². The van der Waals surface area contributed by atoms with Crippen LogP contribution in [0.15, 0.2) is 6.20 Å². The zero-order valence-corrected chi connectivity index (χ0v) is 11.0. The van der Waals surface area contributed by atoms with Gasteiger partial charge in [0.2, 0.25) is 0 Å². The minimum Gasteiger partial charge on any atom is -0.285 e. The average Bonchev–Trinajstić information content (AvgIpc) is 2.31. The number of nitriles is 1. The second kappa shape index (κ2) is 5.56. The van der Waals surface area contributed by atoms with Crippen molar-refractivity contribution < 1.29 is 4.92 Å². The Morgan fingerprint density at radius 3 is 2.72 bits per heavy atom. The Labute approximate surface area is 106 Å². The van der Waals surface area contributed by atoms with E-state index in [0.717, 1.165) is 0 Å². The highest BCUT2D eigenvalue weighted by Gasteiger charge is 2.20. The summed E-state index contributed by atoms with van der Waals surface area (Å²) in [7, 11) is 1.79. The fourth-order valence-corrected chi connectivity index (χ4v) is 1.68. The molecular weight excluding hydrogens is 232 g/mol. The van der Waals surface area contributed by atoms with Crippen molar-refractivity contribution in [2.75, 3.05) is 7.05 Å². The highest BCUT2D eigenvalue weighted by atomic mass is 16.6. The molecule has 6 nitrogen and oxygen atoms in total. The van der Waals surface area contributed by atoms with Crippen molar-refractivity contribution >= 4 is 5.69 Å². The summed E-state index contributed by atoms with van der Waals surface area (Å²) < 4.78 is 0. The molecule has 0 aliphatic heterocycles. The van der Waals surface area contributed by atoms with E-state index in [9.17, 15) is 10.1 Å². The summed E-state index contributed by atoms with van der Waals surface area (Å²) >= 11 is 0. The molecule has 0 saturated carbocycles. The number of nitro groups is 1. The zero-order valence-electron chi connectivity index (χ0n) is 11.0. The number of hydrogen-bond donors (Lipinski definition) is 0. The summed E-state index contributed by atoms with van der Waals surface area (Å²) in [5.74, 6) is 0. The van der Waals surface area contributed by atoms with Gasteiger partial charge in [-0.2, -0.15) is 5.26 Å². The quantitative estimate of drug-likeness (QED) is 0.600. The Hall–Kier alpha value is -2.00. The van der Waals surface area contributed by atoms with Crippen LogP contribution in [-0.4, -0.2) is 27.9 Å². The molecule has 18 heavy (non-hydrogen) atoms. The number of aromatic nitrogens is 1. The predicted octanol–water partition coefficient (Wildman–Crippen LogP) is 1.95. The summed E-state index contributed by atoms with van der Waals surface area (Å²) in [5.41, 5.74) is 1.86. The van der Waals surface area contributed by atoms with Gasteiger partial charge in [0.1, 0.15) is 0 Å². The molecule has 96 valence electrons. The van der Waals surface area contributed by atoms with E-state index in [1.807, 2.05) is 0 Å². The third-order valence-electron chi connectivity index (χ3n) is 3.01. The lowest BCUT2D eigenvalue weighted by atomic mass is 10.1. The number of pyridine rings is 1. The van der Waals surface area contributed by atoms with Crippen LogP contribution in [-0.2, 0) is 6.54 Å². The Morgan fingerprint density at radius 2 is 2.22 bits per heavy atom. The monoisotopic (exact) mass is 248 g/mol. The van der Waals surface area contributed by atoms with Gasteiger partial charge in [-0.15, -0.1) is 0 Å². The van der Waals surface area contributed by atoms with Crippen molar-refractivity contribution in [2.24, 2.45) is 0 Å². The molecule has 0 radical (unpaired) electrons. The van der Waals surface area contributed by atoms with Gasteiger partial charge in [-0.1, -0.05) is 0 Å². The van der Waals surface area contributed by atoms with Crippen LogP contribution in [0.4, 0.5) is 5.69 Å². The molecule has 1 heterocycles. The lowest BCUT2D eigenvalue weighted by molar-refractivity contribution is -0.386. The van der Waals surface area contributed by atoms with Gasteiger partial charge in [-0.3, -0.25) is 20.0 Å². The second-order valence-corrected chi connectivity index (χ2v) is 4.34. The first kappa shape index (κ1) is 14.1. The first-order valence-electron chi connectivity index (χ1n) is 5.57. The van der Waals surface area contributed by atoms with Crippen molar-refractivity contribution in [3.05, 3.63) is 33.1 Å². The molecule has 0 amide bonds. The fraction of sp³-hybridized carbons (Fsp3) is 0.500. The molecule has 0 fully saturated rings. The van der Waals surface area contributed by atoms with Gasteiger partial charge in [-0.25, -0.2) is 0 Å². The SMILES string of the molecule is Cc1cnc(CN(C)C(C)C#N)c(C)c1[N+](=O)[O-]. The van der Waals surface area contributed by atoms with Crippen LogP contribution in [0.25, 0.3) is 0 Å². The zero-order chi connectivity index (χ0) is 13.9. The van der Waals surface area contributed by atoms with Gasteiger partial charge in [-0.05, 0) is 27.8 Å². The fourth-order valence-electron chi connectivity index (χ4n) is 1.68. The van der Waals surface area contributed by atoms with Crippen LogP contribution in [0.1, 0.15) is 23.7 Å². The van der Waals surface area contributed by atoms with Crippen molar-refractivity contribution in [2.45, 2.75) is 33.4 Å². The average molecular weight is 248 g/mol. The van der Waals surface area contributed by atoms with E-state index in [0.29, 0.717) is 23.4 Å². The third kappa shape index (κ3) is 2.81. The first-order valence-corrected chi connectivity index (χ1v) is 5.57. The molecule has 1 unspecified atom stereocenters. The third-order valence-corrected chi connectivity index (χ3v) is 3.01. The highest BCUT2D eigenvalue weighted by molar-refractivity contribution is 5.47. The smallest absolute Gasteiger partial charge is 0.278 e. The topological polar surface area (TPSA) is 83.1 Å². The summed E-state index contributed by atoms with van der Waals surface area (Å²) in [6.07, 6.45) is 1.51. The first-order chi connectivity index (χ1) is 8.38. The Bertz CT molecular complexity index is 508. The normalized spacial score (nSPS) is 12.2. The van der Waals surface area contributed by atoms with Crippen LogP contribution >= 0.6 is 0 Å². The van der Waals surface area contributed by atoms with Crippen LogP contribution in [0, 0.1) is 35.3 Å². The van der Waals surface area contributed by atoms with Crippen LogP contribution in [0.2, 0.25) is 0 Å². The molecule has 0 spiro atoms. The van der Waals surface area contributed by atoms with Gasteiger partial charge in [0, 0.05) is 23.9 Å². The van der Waals surface area contributed by atoms with E-state index in [2.05, 4.69) is 11.1 Å². The minimum absolute atomic E-state index is 0.109. The molecule has 0 aromatic carbocycles. The molecule has 0 aliphatic carbocycles. The lowest BCUT2D eigenvalue weighted by Crippen LogP contribution is -2.28. The second-order valence-electron chi connectivity index (χ2n) is 4.34. The van der Waals surface area contributed by atoms with E-state index in [-0.39, 0.29) is 16.7 Å². The lowest BCUT2D eigenvalue weighted by Gasteiger charge is -2.19. The molecule has 0 aliphatic rings. The molecule has 0 N–H and O–H groups in total. The molecule has 1 aromatic rings. The number of nitrogens with zero attached hydrogens (tertiary/aromatic N) is 4. The van der Waals surface area contributed by atoms with Crippen molar-refractivity contribution in [1.82, 2.24) is 9.88 Å². The molecule has 0 saturated heterocycles. The molecule has 1 rings (SSSR count). The maximum atomic E-state index is 11.0.